The van der Waals surface area contributed by atoms with E-state index in [-0.39, 0.29) is 12.0 Å². The molecule has 1 N–H and O–H groups in total. The summed E-state index contributed by atoms with van der Waals surface area (Å²) in [5.74, 6) is 0.418. The van der Waals surface area contributed by atoms with Gasteiger partial charge in [0, 0.05) is 24.9 Å². The van der Waals surface area contributed by atoms with E-state index in [2.05, 4.69) is 24.4 Å². The van der Waals surface area contributed by atoms with E-state index in [1.54, 1.807) is 0 Å². The summed E-state index contributed by atoms with van der Waals surface area (Å²) in [5.41, 5.74) is 1.26. The number of carbonyl (C=O) groups excluding carboxylic acids is 1. The summed E-state index contributed by atoms with van der Waals surface area (Å²) in [6.45, 7) is 6.81. The first-order valence-corrected chi connectivity index (χ1v) is 5.95. The fourth-order valence-corrected chi connectivity index (χ4v) is 1.65. The zero-order valence-electron chi connectivity index (χ0n) is 10.4. The van der Waals surface area contributed by atoms with Gasteiger partial charge in [0.05, 0.1) is 0 Å². The van der Waals surface area contributed by atoms with Gasteiger partial charge in [0.2, 0.25) is 0 Å². The summed E-state index contributed by atoms with van der Waals surface area (Å²) >= 11 is 0. The van der Waals surface area contributed by atoms with Crippen LogP contribution in [0.4, 0.5) is 0 Å². The van der Waals surface area contributed by atoms with Gasteiger partial charge in [0.25, 0.3) is 0 Å². The summed E-state index contributed by atoms with van der Waals surface area (Å²) in [4.78, 5) is 11.5. The van der Waals surface area contributed by atoms with E-state index in [1.807, 2.05) is 32.0 Å². The second-order valence-electron chi connectivity index (χ2n) is 4.26. The van der Waals surface area contributed by atoms with Crippen LogP contribution in [0, 0.1) is 5.92 Å². The van der Waals surface area contributed by atoms with Crippen LogP contribution in [0.3, 0.4) is 0 Å². The van der Waals surface area contributed by atoms with E-state index in [1.165, 1.54) is 5.56 Å². The molecule has 0 aliphatic rings. The summed E-state index contributed by atoms with van der Waals surface area (Å²) in [6.07, 6.45) is 0.624. The van der Waals surface area contributed by atoms with Crippen molar-refractivity contribution in [3.05, 3.63) is 35.9 Å². The number of nitrogens with one attached hydrogen (secondary N) is 1. The Morgan fingerprint density at radius 1 is 1.25 bits per heavy atom. The SMILES string of the molecule is CCC(=O)C(C)C(C)NCc1ccccc1. The summed E-state index contributed by atoms with van der Waals surface area (Å²) in [5, 5.41) is 3.39. The van der Waals surface area contributed by atoms with Crippen molar-refractivity contribution in [1.82, 2.24) is 5.32 Å². The van der Waals surface area contributed by atoms with E-state index in [0.717, 1.165) is 6.54 Å². The van der Waals surface area contributed by atoms with Crippen LogP contribution < -0.4 is 5.32 Å². The predicted octanol–water partition coefficient (Wildman–Crippen LogP) is 2.78. The Kier molecular flexibility index (Phi) is 5.20. The van der Waals surface area contributed by atoms with Crippen molar-refractivity contribution in [2.45, 2.75) is 39.8 Å². The first-order valence-electron chi connectivity index (χ1n) is 5.95. The van der Waals surface area contributed by atoms with Gasteiger partial charge in [-0.15, -0.1) is 0 Å². The van der Waals surface area contributed by atoms with Crippen molar-refractivity contribution in [3.8, 4) is 0 Å². The average Bonchev–Trinajstić information content (AvgIpc) is 2.35. The Bertz CT molecular complexity index is 321. The van der Waals surface area contributed by atoms with Crippen molar-refractivity contribution in [2.24, 2.45) is 5.92 Å². The van der Waals surface area contributed by atoms with Crippen LogP contribution in [0.25, 0.3) is 0 Å². The maximum absolute atomic E-state index is 11.5. The number of rotatable bonds is 6. The molecule has 2 heteroatoms. The van der Waals surface area contributed by atoms with E-state index in [9.17, 15) is 4.79 Å². The van der Waals surface area contributed by atoms with Crippen LogP contribution in [0.5, 0.6) is 0 Å². The highest BCUT2D eigenvalue weighted by Crippen LogP contribution is 2.07. The number of carbonyl (C=O) groups is 1. The quantitative estimate of drug-likeness (QED) is 0.797. The molecule has 1 rings (SSSR count). The summed E-state index contributed by atoms with van der Waals surface area (Å²) < 4.78 is 0. The fraction of sp³-hybridized carbons (Fsp3) is 0.500. The van der Waals surface area contributed by atoms with Crippen LogP contribution in [0.15, 0.2) is 30.3 Å². The topological polar surface area (TPSA) is 29.1 Å². The first kappa shape index (κ1) is 12.9. The van der Waals surface area contributed by atoms with E-state index < -0.39 is 0 Å². The van der Waals surface area contributed by atoms with Crippen LogP contribution in [0.2, 0.25) is 0 Å². The molecule has 0 saturated heterocycles. The van der Waals surface area contributed by atoms with Crippen LogP contribution >= 0.6 is 0 Å². The minimum Gasteiger partial charge on any atom is -0.309 e. The minimum atomic E-state index is 0.0914. The smallest absolute Gasteiger partial charge is 0.136 e. The Balaban J connectivity index is 2.41. The standard InChI is InChI=1S/C14H21NO/c1-4-14(16)11(2)12(3)15-10-13-8-6-5-7-9-13/h5-9,11-12,15H,4,10H2,1-3H3. The zero-order chi connectivity index (χ0) is 12.0. The average molecular weight is 219 g/mol. The fourth-order valence-electron chi connectivity index (χ4n) is 1.65. The highest BCUT2D eigenvalue weighted by atomic mass is 16.1. The molecule has 16 heavy (non-hydrogen) atoms. The maximum atomic E-state index is 11.5. The Morgan fingerprint density at radius 3 is 2.44 bits per heavy atom. The van der Waals surface area contributed by atoms with E-state index >= 15 is 0 Å². The van der Waals surface area contributed by atoms with Gasteiger partial charge in [-0.2, -0.15) is 0 Å². The minimum absolute atomic E-state index is 0.0914. The summed E-state index contributed by atoms with van der Waals surface area (Å²) in [7, 11) is 0. The number of hydrogen-bond acceptors (Lipinski definition) is 2. The van der Waals surface area contributed by atoms with Crippen molar-refractivity contribution in [3.63, 3.8) is 0 Å². The summed E-state index contributed by atoms with van der Waals surface area (Å²) in [6, 6.07) is 10.5. The number of hydrogen-bond donors (Lipinski definition) is 1. The molecule has 2 unspecified atom stereocenters. The molecule has 1 aromatic rings. The van der Waals surface area contributed by atoms with E-state index in [4.69, 9.17) is 0 Å². The number of Topliss-reactive ketones (excluding diaryl/α,β-unsaturated/α-hetero) is 1. The lowest BCUT2D eigenvalue weighted by Crippen LogP contribution is -2.35. The molecule has 0 heterocycles. The first-order chi connectivity index (χ1) is 7.65. The third-order valence-electron chi connectivity index (χ3n) is 3.08. The molecule has 0 saturated carbocycles. The van der Waals surface area contributed by atoms with Gasteiger partial charge < -0.3 is 5.32 Å². The molecule has 0 amide bonds. The molecule has 0 spiro atoms. The van der Waals surface area contributed by atoms with Crippen molar-refractivity contribution >= 4 is 5.78 Å². The van der Waals surface area contributed by atoms with Crippen molar-refractivity contribution in [2.75, 3.05) is 0 Å². The van der Waals surface area contributed by atoms with Gasteiger partial charge in [-0.25, -0.2) is 0 Å². The molecule has 0 aliphatic heterocycles. The maximum Gasteiger partial charge on any atom is 0.136 e. The lowest BCUT2D eigenvalue weighted by atomic mass is 9.97. The highest BCUT2D eigenvalue weighted by Gasteiger charge is 2.17. The van der Waals surface area contributed by atoms with Gasteiger partial charge in [0.1, 0.15) is 5.78 Å². The molecule has 1 aromatic carbocycles. The van der Waals surface area contributed by atoms with Gasteiger partial charge in [-0.1, -0.05) is 44.2 Å². The van der Waals surface area contributed by atoms with Crippen molar-refractivity contribution < 1.29 is 4.79 Å². The van der Waals surface area contributed by atoms with Gasteiger partial charge in [-0.05, 0) is 12.5 Å². The van der Waals surface area contributed by atoms with Crippen LogP contribution in [-0.2, 0) is 11.3 Å². The van der Waals surface area contributed by atoms with Gasteiger partial charge >= 0.3 is 0 Å². The molecule has 88 valence electrons. The molecule has 0 radical (unpaired) electrons. The molecular formula is C14H21NO. The lowest BCUT2D eigenvalue weighted by molar-refractivity contribution is -0.122. The third-order valence-corrected chi connectivity index (χ3v) is 3.08. The van der Waals surface area contributed by atoms with Crippen LogP contribution in [0.1, 0.15) is 32.8 Å². The van der Waals surface area contributed by atoms with Crippen LogP contribution in [-0.4, -0.2) is 11.8 Å². The largest absolute Gasteiger partial charge is 0.309 e. The number of ketones is 1. The molecule has 0 aromatic heterocycles. The van der Waals surface area contributed by atoms with Gasteiger partial charge in [0.15, 0.2) is 0 Å². The highest BCUT2D eigenvalue weighted by molar-refractivity contribution is 5.80. The second kappa shape index (κ2) is 6.44. The van der Waals surface area contributed by atoms with Crippen molar-refractivity contribution in [1.29, 1.82) is 0 Å². The third kappa shape index (κ3) is 3.78. The number of benzene rings is 1. The Morgan fingerprint density at radius 2 is 1.88 bits per heavy atom. The molecule has 0 bridgehead atoms. The Hall–Kier alpha value is -1.15. The normalized spacial score (nSPS) is 14.4. The zero-order valence-corrected chi connectivity index (χ0v) is 10.4. The predicted molar refractivity (Wildman–Crippen MR) is 67.2 cm³/mol. The molecule has 2 nitrogen and oxygen atoms in total. The van der Waals surface area contributed by atoms with Gasteiger partial charge in [-0.3, -0.25) is 4.79 Å². The molecule has 2 atom stereocenters. The molecule has 0 fully saturated rings. The lowest BCUT2D eigenvalue weighted by Gasteiger charge is -2.19. The second-order valence-corrected chi connectivity index (χ2v) is 4.26. The molecule has 0 aliphatic carbocycles. The monoisotopic (exact) mass is 219 g/mol. The van der Waals surface area contributed by atoms with E-state index in [0.29, 0.717) is 12.2 Å². The molecular weight excluding hydrogens is 198 g/mol. The Labute approximate surface area is 98.1 Å².